The third-order valence-corrected chi connectivity index (χ3v) is 11.4. The lowest BCUT2D eigenvalue weighted by atomic mass is 9.94. The molecule has 6 rings (SSSR count). The van der Waals surface area contributed by atoms with Crippen LogP contribution in [0.1, 0.15) is 88.5 Å². The van der Waals surface area contributed by atoms with Crippen LogP contribution in [0.5, 0.6) is 0 Å². The number of esters is 1. The van der Waals surface area contributed by atoms with Crippen molar-refractivity contribution < 1.29 is 42.9 Å². The molecule has 63 heavy (non-hydrogen) atoms. The zero-order valence-electron chi connectivity index (χ0n) is 37.1. The van der Waals surface area contributed by atoms with Crippen molar-refractivity contribution in [3.05, 3.63) is 144 Å². The summed E-state index contributed by atoms with van der Waals surface area (Å²) in [5, 5.41) is 2.79. The summed E-state index contributed by atoms with van der Waals surface area (Å²) < 4.78 is 29.5. The van der Waals surface area contributed by atoms with E-state index in [0.717, 1.165) is 33.4 Å². The molecule has 1 N–H and O–H groups in total. The van der Waals surface area contributed by atoms with Crippen molar-refractivity contribution in [1.82, 2.24) is 15.1 Å². The Bertz CT molecular complexity index is 2130. The molecule has 4 aromatic rings. The summed E-state index contributed by atoms with van der Waals surface area (Å²) >= 11 is 0. The first kappa shape index (κ1) is 46.4. The fourth-order valence-electron chi connectivity index (χ4n) is 8.27. The maximum atomic E-state index is 14.7. The topological polar surface area (TPSA) is 133 Å². The van der Waals surface area contributed by atoms with E-state index >= 15 is 0 Å². The van der Waals surface area contributed by atoms with E-state index in [4.69, 9.17) is 23.7 Å². The van der Waals surface area contributed by atoms with E-state index in [0.29, 0.717) is 25.8 Å². The van der Waals surface area contributed by atoms with E-state index in [-0.39, 0.29) is 51.2 Å². The first-order valence-electron chi connectivity index (χ1n) is 21.8. The van der Waals surface area contributed by atoms with Gasteiger partial charge < -0.3 is 29.0 Å². The monoisotopic (exact) mass is 859 g/mol. The van der Waals surface area contributed by atoms with Gasteiger partial charge in [0.25, 0.3) is 0 Å². The largest absolute Gasteiger partial charge is 0.459 e. The summed E-state index contributed by atoms with van der Waals surface area (Å²) in [6.45, 7) is 14.0. The number of rotatable bonds is 18. The minimum absolute atomic E-state index is 0.0120. The quantitative estimate of drug-likeness (QED) is 0.0449. The third-order valence-electron chi connectivity index (χ3n) is 11.4. The lowest BCUT2D eigenvalue weighted by Crippen LogP contribution is -2.52. The van der Waals surface area contributed by atoms with Gasteiger partial charge >= 0.3 is 24.2 Å². The van der Waals surface area contributed by atoms with Gasteiger partial charge in [0.15, 0.2) is 0 Å². The van der Waals surface area contributed by atoms with E-state index in [1.165, 1.54) is 4.90 Å². The molecule has 12 nitrogen and oxygen atoms in total. The molecule has 0 bridgehead atoms. The van der Waals surface area contributed by atoms with Crippen molar-refractivity contribution in [3.8, 4) is 11.1 Å². The van der Waals surface area contributed by atoms with E-state index < -0.39 is 47.7 Å². The number of fused-ring (bicyclic) bond motifs is 3. The average Bonchev–Trinajstić information content (AvgIpc) is 3.77. The number of nitrogens with zero attached hydrogens (tertiary/aromatic N) is 2. The molecule has 1 aliphatic carbocycles. The molecule has 1 saturated heterocycles. The Balaban J connectivity index is 1.22. The van der Waals surface area contributed by atoms with E-state index in [1.807, 2.05) is 120 Å². The first-order valence-corrected chi connectivity index (χ1v) is 21.8. The number of carbonyl (C=O) groups is 4. The standard InChI is InChI=1S/C51H61N3O9/c1-7-38(45-35-62-51(5,6)54(45)49(58)63-50(2,3)4)29-31-53(48(57)61-34-43-41-26-16-14-24-39(41)40-25-15-17-27-42(40)43)44(46(55)59-32-36-20-10-8-11-21-36)28-18-19-30-52-47(56)60-33-37-22-12-9-13-23-37/h7-17,20-27,38,43-45H,1,18-19,28-35H2,2-6H3,(H,52,56)/t38-,44-,45+/m0/s1. The number of amides is 3. The number of alkyl carbamates (subject to hydrolysis) is 1. The van der Waals surface area contributed by atoms with Crippen molar-refractivity contribution in [3.63, 3.8) is 0 Å². The molecule has 0 unspecified atom stereocenters. The predicted octanol–water partition coefficient (Wildman–Crippen LogP) is 10.0. The SMILES string of the molecule is C=C[C@@H](CCN(C(=O)OCC1c2ccccc2-c2ccccc21)[C@@H](CCCCNC(=O)OCc1ccccc1)C(=O)OCc1ccccc1)[C@H]1COC(C)(C)N1C(=O)OC(C)(C)C. The molecule has 3 amide bonds. The number of carbonyl (C=O) groups excluding carboxylic acids is 4. The highest BCUT2D eigenvalue weighted by atomic mass is 16.6. The predicted molar refractivity (Wildman–Crippen MR) is 240 cm³/mol. The van der Waals surface area contributed by atoms with Crippen LogP contribution in [0.3, 0.4) is 0 Å². The van der Waals surface area contributed by atoms with Crippen LogP contribution in [0.4, 0.5) is 14.4 Å². The molecular weight excluding hydrogens is 799 g/mol. The molecular formula is C51H61N3O9. The van der Waals surface area contributed by atoms with E-state index in [9.17, 15) is 19.2 Å². The second-order valence-corrected chi connectivity index (χ2v) is 17.5. The molecule has 334 valence electrons. The van der Waals surface area contributed by atoms with E-state index in [2.05, 4.69) is 36.2 Å². The molecule has 1 heterocycles. The molecule has 0 aromatic heterocycles. The van der Waals surface area contributed by atoms with Crippen molar-refractivity contribution in [1.29, 1.82) is 0 Å². The molecule has 2 aliphatic rings. The van der Waals surface area contributed by atoms with Crippen molar-refractivity contribution in [2.75, 3.05) is 26.3 Å². The molecule has 3 atom stereocenters. The van der Waals surface area contributed by atoms with Gasteiger partial charge in [-0.15, -0.1) is 6.58 Å². The Kier molecular flexibility index (Phi) is 15.7. The average molecular weight is 860 g/mol. The van der Waals surface area contributed by atoms with Gasteiger partial charge in [0.2, 0.25) is 0 Å². The zero-order chi connectivity index (χ0) is 45.0. The Hall–Kier alpha value is -6.14. The maximum Gasteiger partial charge on any atom is 0.412 e. The highest BCUT2D eigenvalue weighted by Crippen LogP contribution is 2.44. The van der Waals surface area contributed by atoms with Crippen molar-refractivity contribution >= 4 is 24.2 Å². The molecule has 4 aromatic carbocycles. The van der Waals surface area contributed by atoms with Crippen LogP contribution < -0.4 is 5.32 Å². The number of nitrogens with one attached hydrogen (secondary N) is 1. The normalized spacial score (nSPS) is 16.2. The van der Waals surface area contributed by atoms with Crippen LogP contribution in [-0.2, 0) is 41.7 Å². The van der Waals surface area contributed by atoms with Crippen LogP contribution in [0.25, 0.3) is 11.1 Å². The molecule has 0 saturated carbocycles. The Morgan fingerprint density at radius 2 is 1.38 bits per heavy atom. The van der Waals surface area contributed by atoms with Crippen LogP contribution in [0.15, 0.2) is 122 Å². The van der Waals surface area contributed by atoms with Crippen LogP contribution >= 0.6 is 0 Å². The summed E-state index contributed by atoms with van der Waals surface area (Å²) in [5.41, 5.74) is 4.27. The minimum Gasteiger partial charge on any atom is -0.459 e. The van der Waals surface area contributed by atoms with Gasteiger partial charge in [-0.1, -0.05) is 115 Å². The van der Waals surface area contributed by atoms with Gasteiger partial charge in [0.1, 0.15) is 37.2 Å². The lowest BCUT2D eigenvalue weighted by molar-refractivity contribution is -0.151. The zero-order valence-corrected chi connectivity index (χ0v) is 37.1. The summed E-state index contributed by atoms with van der Waals surface area (Å²) in [4.78, 5) is 58.2. The van der Waals surface area contributed by atoms with Gasteiger partial charge in [-0.2, -0.15) is 0 Å². The fraction of sp³-hybridized carbons (Fsp3) is 0.412. The molecule has 0 spiro atoms. The van der Waals surface area contributed by atoms with Gasteiger partial charge in [0, 0.05) is 24.9 Å². The number of unbranched alkanes of at least 4 members (excludes halogenated alkanes) is 1. The highest BCUT2D eigenvalue weighted by Gasteiger charge is 2.48. The van der Waals surface area contributed by atoms with Gasteiger partial charge in [-0.3, -0.25) is 9.80 Å². The van der Waals surface area contributed by atoms with Gasteiger partial charge in [-0.05, 0) is 93.7 Å². The number of benzene rings is 4. The second kappa shape index (κ2) is 21.3. The third kappa shape index (κ3) is 12.3. The molecule has 1 aliphatic heterocycles. The van der Waals surface area contributed by atoms with Gasteiger partial charge in [-0.25, -0.2) is 19.2 Å². The van der Waals surface area contributed by atoms with Gasteiger partial charge in [0.05, 0.1) is 12.6 Å². The summed E-state index contributed by atoms with van der Waals surface area (Å²) in [7, 11) is 0. The second-order valence-electron chi connectivity index (χ2n) is 17.5. The van der Waals surface area contributed by atoms with E-state index in [1.54, 1.807) is 11.0 Å². The smallest absolute Gasteiger partial charge is 0.412 e. The minimum atomic E-state index is -1.04. The number of hydrogen-bond donors (Lipinski definition) is 1. The van der Waals surface area contributed by atoms with Crippen molar-refractivity contribution in [2.24, 2.45) is 5.92 Å². The fourth-order valence-corrected chi connectivity index (χ4v) is 8.27. The molecule has 0 radical (unpaired) electrons. The molecule has 12 heteroatoms. The summed E-state index contributed by atoms with van der Waals surface area (Å²) in [6, 6.07) is 33.5. The number of ether oxygens (including phenoxy) is 5. The van der Waals surface area contributed by atoms with Crippen LogP contribution in [-0.4, -0.2) is 83.8 Å². The lowest BCUT2D eigenvalue weighted by Gasteiger charge is -2.38. The first-order chi connectivity index (χ1) is 30.3. The van der Waals surface area contributed by atoms with Crippen molar-refractivity contribution in [2.45, 2.75) is 103 Å². The Labute approximate surface area is 371 Å². The van der Waals surface area contributed by atoms with Crippen LogP contribution in [0.2, 0.25) is 0 Å². The summed E-state index contributed by atoms with van der Waals surface area (Å²) in [5.74, 6) is -1.16. The number of hydrogen-bond acceptors (Lipinski definition) is 9. The Morgan fingerprint density at radius 1 is 0.810 bits per heavy atom. The molecule has 1 fully saturated rings. The van der Waals surface area contributed by atoms with Crippen LogP contribution in [0, 0.1) is 5.92 Å². The Morgan fingerprint density at radius 3 is 1.97 bits per heavy atom. The highest BCUT2D eigenvalue weighted by molar-refractivity contribution is 5.82. The summed E-state index contributed by atoms with van der Waals surface area (Å²) in [6.07, 6.45) is 1.51. The maximum absolute atomic E-state index is 14.7.